The Morgan fingerprint density at radius 3 is 2.50 bits per heavy atom. The zero-order valence-corrected chi connectivity index (χ0v) is 11.9. The molecule has 0 aliphatic heterocycles. The van der Waals surface area contributed by atoms with Crippen LogP contribution in [0.1, 0.15) is 11.3 Å². The molecule has 2 aromatic rings. The van der Waals surface area contributed by atoms with Crippen molar-refractivity contribution >= 4 is 21.6 Å². The van der Waals surface area contributed by atoms with Crippen molar-refractivity contribution < 1.29 is 17.9 Å². The highest BCUT2D eigenvalue weighted by Gasteiger charge is 2.34. The molecule has 0 saturated heterocycles. The monoisotopic (exact) mass is 346 g/mol. The molecule has 1 heterocycles. The zero-order chi connectivity index (χ0) is 14.9. The van der Waals surface area contributed by atoms with Crippen LogP contribution in [-0.4, -0.2) is 4.98 Å². The summed E-state index contributed by atoms with van der Waals surface area (Å²) in [5.41, 5.74) is 5.09. The van der Waals surface area contributed by atoms with Gasteiger partial charge in [-0.1, -0.05) is 0 Å². The molecule has 0 unspecified atom stereocenters. The van der Waals surface area contributed by atoms with Gasteiger partial charge in [0, 0.05) is 16.2 Å². The molecular weight excluding hydrogens is 337 g/mol. The second-order valence-corrected chi connectivity index (χ2v) is 4.93. The van der Waals surface area contributed by atoms with Gasteiger partial charge in [0.05, 0.1) is 5.69 Å². The lowest BCUT2D eigenvalue weighted by Gasteiger charge is -2.14. The molecule has 2 rings (SSSR count). The summed E-state index contributed by atoms with van der Waals surface area (Å²) in [6.07, 6.45) is -4.55. The van der Waals surface area contributed by atoms with Crippen LogP contribution < -0.4 is 10.5 Å². The lowest BCUT2D eigenvalue weighted by Crippen LogP contribution is -2.08. The molecule has 2 N–H and O–H groups in total. The van der Waals surface area contributed by atoms with Gasteiger partial charge in [-0.2, -0.15) is 13.2 Å². The van der Waals surface area contributed by atoms with E-state index < -0.39 is 11.7 Å². The quantitative estimate of drug-likeness (QED) is 0.811. The molecule has 0 spiro atoms. The SMILES string of the molecule is Cc1nc(Oc2ccc(N)cc2C(F)(F)F)ccc1Br. The summed E-state index contributed by atoms with van der Waals surface area (Å²) >= 11 is 3.26. The van der Waals surface area contributed by atoms with Crippen molar-refractivity contribution in [1.82, 2.24) is 4.98 Å². The maximum Gasteiger partial charge on any atom is 0.420 e. The Hall–Kier alpha value is -1.76. The highest BCUT2D eigenvalue weighted by Crippen LogP contribution is 2.39. The van der Waals surface area contributed by atoms with Crippen molar-refractivity contribution in [3.8, 4) is 11.6 Å². The van der Waals surface area contributed by atoms with Gasteiger partial charge in [0.2, 0.25) is 5.88 Å². The van der Waals surface area contributed by atoms with E-state index >= 15 is 0 Å². The van der Waals surface area contributed by atoms with Crippen LogP contribution in [0.2, 0.25) is 0 Å². The lowest BCUT2D eigenvalue weighted by atomic mass is 10.1. The molecule has 20 heavy (non-hydrogen) atoms. The van der Waals surface area contributed by atoms with Gasteiger partial charge in [0.1, 0.15) is 11.3 Å². The molecular formula is C13H10BrF3N2O. The topological polar surface area (TPSA) is 48.1 Å². The third-order valence-corrected chi connectivity index (χ3v) is 3.36. The first-order chi connectivity index (χ1) is 9.27. The minimum atomic E-state index is -4.55. The second-order valence-electron chi connectivity index (χ2n) is 4.07. The third-order valence-electron chi connectivity index (χ3n) is 2.52. The van der Waals surface area contributed by atoms with Crippen LogP contribution in [0.15, 0.2) is 34.8 Å². The van der Waals surface area contributed by atoms with Gasteiger partial charge in [-0.05, 0) is 47.1 Å². The van der Waals surface area contributed by atoms with E-state index in [9.17, 15) is 13.2 Å². The van der Waals surface area contributed by atoms with Gasteiger partial charge in [0.25, 0.3) is 0 Å². The number of aryl methyl sites for hydroxylation is 1. The summed E-state index contributed by atoms with van der Waals surface area (Å²) in [5, 5.41) is 0. The predicted octanol–water partition coefficient (Wildman–Crippen LogP) is 4.55. The fourth-order valence-electron chi connectivity index (χ4n) is 1.55. The smallest absolute Gasteiger partial charge is 0.420 e. The van der Waals surface area contributed by atoms with E-state index in [0.29, 0.717) is 5.69 Å². The number of aromatic nitrogens is 1. The summed E-state index contributed by atoms with van der Waals surface area (Å²) < 4.78 is 44.7. The number of pyridine rings is 1. The average molecular weight is 347 g/mol. The molecule has 1 aromatic carbocycles. The number of hydrogen-bond acceptors (Lipinski definition) is 3. The van der Waals surface area contributed by atoms with Crippen LogP contribution in [0.3, 0.4) is 0 Å². The number of ether oxygens (including phenoxy) is 1. The third kappa shape index (κ3) is 3.22. The number of alkyl halides is 3. The summed E-state index contributed by atoms with van der Waals surface area (Å²) in [6.45, 7) is 1.71. The van der Waals surface area contributed by atoms with Gasteiger partial charge in [-0.15, -0.1) is 0 Å². The van der Waals surface area contributed by atoms with Crippen molar-refractivity contribution in [2.24, 2.45) is 0 Å². The molecule has 106 valence electrons. The van der Waals surface area contributed by atoms with Crippen LogP contribution in [0.4, 0.5) is 18.9 Å². The van der Waals surface area contributed by atoms with Gasteiger partial charge >= 0.3 is 6.18 Å². The highest BCUT2D eigenvalue weighted by atomic mass is 79.9. The number of nitrogen functional groups attached to an aromatic ring is 1. The Balaban J connectivity index is 2.40. The molecule has 0 radical (unpaired) electrons. The molecule has 1 aromatic heterocycles. The average Bonchev–Trinajstić information content (AvgIpc) is 2.35. The maximum atomic E-state index is 12.9. The van der Waals surface area contributed by atoms with Crippen molar-refractivity contribution in [3.63, 3.8) is 0 Å². The van der Waals surface area contributed by atoms with Gasteiger partial charge in [-0.3, -0.25) is 0 Å². The van der Waals surface area contributed by atoms with E-state index in [1.54, 1.807) is 13.0 Å². The van der Waals surface area contributed by atoms with Crippen LogP contribution >= 0.6 is 15.9 Å². The second kappa shape index (κ2) is 5.32. The molecule has 0 fully saturated rings. The van der Waals surface area contributed by atoms with Crippen molar-refractivity contribution in [2.75, 3.05) is 5.73 Å². The Morgan fingerprint density at radius 1 is 1.20 bits per heavy atom. The van der Waals surface area contributed by atoms with Gasteiger partial charge in [-0.25, -0.2) is 4.98 Å². The summed E-state index contributed by atoms with van der Waals surface area (Å²) in [6, 6.07) is 6.49. The molecule has 0 aliphatic carbocycles. The molecule has 0 amide bonds. The fourth-order valence-corrected chi connectivity index (χ4v) is 1.77. The number of rotatable bonds is 2. The molecule has 0 aliphatic rings. The number of anilines is 1. The highest BCUT2D eigenvalue weighted by molar-refractivity contribution is 9.10. The predicted molar refractivity (Wildman–Crippen MR) is 72.6 cm³/mol. The minimum absolute atomic E-state index is 0.0182. The van der Waals surface area contributed by atoms with E-state index in [0.717, 1.165) is 10.5 Å². The molecule has 0 saturated carbocycles. The number of nitrogens with two attached hydrogens (primary N) is 1. The van der Waals surface area contributed by atoms with Crippen LogP contribution in [0, 0.1) is 6.92 Å². The number of halogens is 4. The standard InChI is InChI=1S/C13H10BrF3N2O/c1-7-10(14)3-5-12(19-7)20-11-4-2-8(18)6-9(11)13(15,16)17/h2-6H,18H2,1H3. The summed E-state index contributed by atoms with van der Waals surface area (Å²) in [7, 11) is 0. The van der Waals surface area contributed by atoms with E-state index in [4.69, 9.17) is 10.5 Å². The maximum absolute atomic E-state index is 12.9. The summed E-state index contributed by atoms with van der Waals surface area (Å²) in [4.78, 5) is 4.05. The Labute approximate surface area is 121 Å². The Morgan fingerprint density at radius 2 is 1.90 bits per heavy atom. The number of hydrogen-bond donors (Lipinski definition) is 1. The lowest BCUT2D eigenvalue weighted by molar-refractivity contribution is -0.138. The normalized spacial score (nSPS) is 11.4. The van der Waals surface area contributed by atoms with E-state index in [-0.39, 0.29) is 17.3 Å². The largest absolute Gasteiger partial charge is 0.438 e. The van der Waals surface area contributed by atoms with E-state index in [1.165, 1.54) is 18.2 Å². The Bertz CT molecular complexity index is 644. The van der Waals surface area contributed by atoms with E-state index in [1.807, 2.05) is 0 Å². The minimum Gasteiger partial charge on any atom is -0.438 e. The molecule has 3 nitrogen and oxygen atoms in total. The fraction of sp³-hybridized carbons (Fsp3) is 0.154. The van der Waals surface area contributed by atoms with Crippen molar-refractivity contribution in [1.29, 1.82) is 0 Å². The van der Waals surface area contributed by atoms with Gasteiger partial charge in [0.15, 0.2) is 0 Å². The summed E-state index contributed by atoms with van der Waals surface area (Å²) in [5.74, 6) is -0.248. The number of benzene rings is 1. The molecule has 0 atom stereocenters. The van der Waals surface area contributed by atoms with E-state index in [2.05, 4.69) is 20.9 Å². The van der Waals surface area contributed by atoms with Crippen molar-refractivity contribution in [3.05, 3.63) is 46.1 Å². The van der Waals surface area contributed by atoms with Crippen molar-refractivity contribution in [2.45, 2.75) is 13.1 Å². The molecule has 0 bridgehead atoms. The zero-order valence-electron chi connectivity index (χ0n) is 10.3. The van der Waals surface area contributed by atoms with Gasteiger partial charge < -0.3 is 10.5 Å². The number of nitrogens with zero attached hydrogens (tertiary/aromatic N) is 1. The van der Waals surface area contributed by atoms with Crippen LogP contribution in [0.5, 0.6) is 11.6 Å². The molecule has 7 heteroatoms. The first-order valence-electron chi connectivity index (χ1n) is 5.55. The van der Waals surface area contributed by atoms with Crippen LogP contribution in [-0.2, 0) is 6.18 Å². The van der Waals surface area contributed by atoms with Crippen LogP contribution in [0.25, 0.3) is 0 Å². The first-order valence-corrected chi connectivity index (χ1v) is 6.34. The Kier molecular flexibility index (Phi) is 3.89. The first kappa shape index (κ1) is 14.6.